The first kappa shape index (κ1) is 10.9. The molecule has 0 aliphatic carbocycles. The van der Waals surface area contributed by atoms with Crippen LogP contribution < -0.4 is 0 Å². The molecule has 1 fully saturated rings. The first-order valence-electron chi connectivity index (χ1n) is 5.82. The summed E-state index contributed by atoms with van der Waals surface area (Å²) < 4.78 is 5.25. The van der Waals surface area contributed by atoms with Gasteiger partial charge in [0, 0.05) is 10.6 Å². The Morgan fingerprint density at radius 1 is 1.00 bits per heavy atom. The van der Waals surface area contributed by atoms with E-state index >= 15 is 0 Å². The molecule has 1 heterocycles. The van der Waals surface area contributed by atoms with Crippen LogP contribution in [0.25, 0.3) is 11.1 Å². The van der Waals surface area contributed by atoms with Crippen molar-refractivity contribution in [1.29, 1.82) is 0 Å². The molecular weight excluding hydrogens is 228 g/mol. The van der Waals surface area contributed by atoms with Gasteiger partial charge in [-0.15, -0.1) is 11.8 Å². The second-order valence-corrected chi connectivity index (χ2v) is 5.19. The fourth-order valence-corrected chi connectivity index (χ4v) is 2.87. The molecule has 1 saturated heterocycles. The Kier molecular flexibility index (Phi) is 3.16. The van der Waals surface area contributed by atoms with E-state index in [0.717, 1.165) is 12.4 Å². The van der Waals surface area contributed by atoms with Crippen molar-refractivity contribution in [3.8, 4) is 11.1 Å². The van der Waals surface area contributed by atoms with Gasteiger partial charge in [0.25, 0.3) is 0 Å². The maximum Gasteiger partial charge on any atom is 0.0903 e. The van der Waals surface area contributed by atoms with Gasteiger partial charge in [0.15, 0.2) is 0 Å². The minimum atomic E-state index is 0.476. The number of epoxide rings is 1. The van der Waals surface area contributed by atoms with Gasteiger partial charge in [-0.2, -0.15) is 0 Å². The second-order valence-electron chi connectivity index (χ2n) is 4.13. The maximum absolute atomic E-state index is 5.25. The molecule has 2 aromatic rings. The van der Waals surface area contributed by atoms with Gasteiger partial charge in [0.05, 0.1) is 12.7 Å². The molecule has 1 aliphatic heterocycles. The van der Waals surface area contributed by atoms with Gasteiger partial charge in [-0.25, -0.2) is 0 Å². The number of rotatable bonds is 4. The average Bonchev–Trinajstić information content (AvgIpc) is 3.22. The third-order valence-corrected chi connectivity index (χ3v) is 4.00. The lowest BCUT2D eigenvalue weighted by Crippen LogP contribution is -1.90. The summed E-state index contributed by atoms with van der Waals surface area (Å²) in [6.07, 6.45) is 0.476. The summed E-state index contributed by atoms with van der Waals surface area (Å²) in [6.45, 7) is 0.931. The van der Waals surface area contributed by atoms with Crippen molar-refractivity contribution in [2.45, 2.75) is 11.0 Å². The average molecular weight is 242 g/mol. The SMILES string of the molecule is c1ccc(-c2ccccc2SCC2CO2)cc1. The molecule has 1 aliphatic rings. The molecule has 2 aromatic carbocycles. The van der Waals surface area contributed by atoms with Crippen molar-refractivity contribution in [3.05, 3.63) is 54.6 Å². The van der Waals surface area contributed by atoms with E-state index in [1.807, 2.05) is 11.8 Å². The molecular formula is C15H14OS. The fourth-order valence-electron chi connectivity index (χ4n) is 1.80. The predicted octanol–water partition coefficient (Wildman–Crippen LogP) is 3.84. The van der Waals surface area contributed by atoms with E-state index in [1.54, 1.807) is 0 Å². The van der Waals surface area contributed by atoms with Crippen LogP contribution in [0.4, 0.5) is 0 Å². The maximum atomic E-state index is 5.25. The van der Waals surface area contributed by atoms with E-state index in [2.05, 4.69) is 54.6 Å². The molecule has 86 valence electrons. The van der Waals surface area contributed by atoms with Crippen molar-refractivity contribution < 1.29 is 4.74 Å². The highest BCUT2D eigenvalue weighted by molar-refractivity contribution is 7.99. The van der Waals surface area contributed by atoms with Gasteiger partial charge in [0.1, 0.15) is 0 Å². The molecule has 0 bridgehead atoms. The molecule has 2 heteroatoms. The Labute approximate surface area is 106 Å². The summed E-state index contributed by atoms with van der Waals surface area (Å²) in [7, 11) is 0. The molecule has 0 amide bonds. The van der Waals surface area contributed by atoms with Crippen LogP contribution >= 0.6 is 11.8 Å². The van der Waals surface area contributed by atoms with Crippen molar-refractivity contribution in [2.75, 3.05) is 12.4 Å². The number of benzene rings is 2. The molecule has 0 spiro atoms. The quantitative estimate of drug-likeness (QED) is 0.596. The lowest BCUT2D eigenvalue weighted by Gasteiger charge is -2.08. The Morgan fingerprint density at radius 3 is 2.47 bits per heavy atom. The number of ether oxygens (including phenoxy) is 1. The highest BCUT2D eigenvalue weighted by Gasteiger charge is 2.22. The minimum absolute atomic E-state index is 0.476. The molecule has 1 unspecified atom stereocenters. The van der Waals surface area contributed by atoms with Gasteiger partial charge in [-0.05, 0) is 17.2 Å². The van der Waals surface area contributed by atoms with Gasteiger partial charge in [0.2, 0.25) is 0 Å². The van der Waals surface area contributed by atoms with E-state index < -0.39 is 0 Å². The number of thioether (sulfide) groups is 1. The third kappa shape index (κ3) is 2.71. The minimum Gasteiger partial charge on any atom is -0.372 e. The molecule has 0 saturated carbocycles. The van der Waals surface area contributed by atoms with Crippen LogP contribution in [0.1, 0.15) is 0 Å². The van der Waals surface area contributed by atoms with Crippen LogP contribution in [0.3, 0.4) is 0 Å². The van der Waals surface area contributed by atoms with E-state index in [0.29, 0.717) is 6.10 Å². The first-order valence-corrected chi connectivity index (χ1v) is 6.81. The van der Waals surface area contributed by atoms with Gasteiger partial charge in [-0.1, -0.05) is 48.5 Å². The summed E-state index contributed by atoms with van der Waals surface area (Å²) >= 11 is 1.89. The first-order chi connectivity index (χ1) is 8.43. The summed E-state index contributed by atoms with van der Waals surface area (Å²) in [4.78, 5) is 1.34. The van der Waals surface area contributed by atoms with Crippen LogP contribution in [0.15, 0.2) is 59.5 Å². The van der Waals surface area contributed by atoms with Gasteiger partial charge in [-0.3, -0.25) is 0 Å². The highest BCUT2D eigenvalue weighted by Crippen LogP contribution is 2.33. The normalized spacial score (nSPS) is 18.0. The van der Waals surface area contributed by atoms with Crippen LogP contribution in [-0.2, 0) is 4.74 Å². The third-order valence-electron chi connectivity index (χ3n) is 2.80. The molecule has 0 aromatic heterocycles. The van der Waals surface area contributed by atoms with E-state index in [-0.39, 0.29) is 0 Å². The smallest absolute Gasteiger partial charge is 0.0903 e. The van der Waals surface area contributed by atoms with Gasteiger partial charge >= 0.3 is 0 Å². The van der Waals surface area contributed by atoms with E-state index in [4.69, 9.17) is 4.74 Å². The molecule has 3 rings (SSSR count). The van der Waals surface area contributed by atoms with Crippen molar-refractivity contribution in [3.63, 3.8) is 0 Å². The zero-order valence-electron chi connectivity index (χ0n) is 9.50. The standard InChI is InChI=1S/C15H14OS/c1-2-6-12(7-3-1)14-8-4-5-9-15(14)17-11-13-10-16-13/h1-9,13H,10-11H2. The number of hydrogen-bond donors (Lipinski definition) is 0. The van der Waals surface area contributed by atoms with E-state index in [9.17, 15) is 0 Å². The highest BCUT2D eigenvalue weighted by atomic mass is 32.2. The van der Waals surface area contributed by atoms with E-state index in [1.165, 1.54) is 16.0 Å². The van der Waals surface area contributed by atoms with Crippen LogP contribution in [0, 0.1) is 0 Å². The van der Waals surface area contributed by atoms with Crippen LogP contribution in [-0.4, -0.2) is 18.5 Å². The number of hydrogen-bond acceptors (Lipinski definition) is 2. The second kappa shape index (κ2) is 4.94. The van der Waals surface area contributed by atoms with Crippen molar-refractivity contribution in [2.24, 2.45) is 0 Å². The summed E-state index contributed by atoms with van der Waals surface area (Å²) in [5.41, 5.74) is 2.60. The monoisotopic (exact) mass is 242 g/mol. The Hall–Kier alpha value is -1.25. The summed E-state index contributed by atoms with van der Waals surface area (Å²) in [5, 5.41) is 0. The summed E-state index contributed by atoms with van der Waals surface area (Å²) in [6, 6.07) is 19.1. The zero-order valence-corrected chi connectivity index (χ0v) is 10.3. The fraction of sp³-hybridized carbons (Fsp3) is 0.200. The predicted molar refractivity (Wildman–Crippen MR) is 72.3 cm³/mol. The van der Waals surface area contributed by atoms with Crippen LogP contribution in [0.2, 0.25) is 0 Å². The molecule has 1 atom stereocenters. The topological polar surface area (TPSA) is 12.5 Å². The zero-order chi connectivity index (χ0) is 11.5. The van der Waals surface area contributed by atoms with Crippen LogP contribution in [0.5, 0.6) is 0 Å². The summed E-state index contributed by atoms with van der Waals surface area (Å²) in [5.74, 6) is 1.06. The molecule has 1 nitrogen and oxygen atoms in total. The van der Waals surface area contributed by atoms with Crippen molar-refractivity contribution >= 4 is 11.8 Å². The Balaban J connectivity index is 1.87. The largest absolute Gasteiger partial charge is 0.372 e. The Morgan fingerprint density at radius 2 is 1.71 bits per heavy atom. The molecule has 0 radical (unpaired) electrons. The van der Waals surface area contributed by atoms with Crippen molar-refractivity contribution in [1.82, 2.24) is 0 Å². The molecule has 0 N–H and O–H groups in total. The Bertz CT molecular complexity index is 491. The molecule has 17 heavy (non-hydrogen) atoms. The lowest BCUT2D eigenvalue weighted by atomic mass is 10.1. The van der Waals surface area contributed by atoms with Gasteiger partial charge < -0.3 is 4.74 Å². The lowest BCUT2D eigenvalue weighted by molar-refractivity contribution is 0.426.